The van der Waals surface area contributed by atoms with Crippen molar-refractivity contribution in [3.05, 3.63) is 47.8 Å². The number of benzene rings is 1. The second-order valence-corrected chi connectivity index (χ2v) is 6.67. The van der Waals surface area contributed by atoms with Gasteiger partial charge in [0.05, 0.1) is 18.8 Å². The number of aryl methyl sites for hydroxylation is 1. The van der Waals surface area contributed by atoms with E-state index in [0.29, 0.717) is 13.0 Å². The van der Waals surface area contributed by atoms with E-state index in [9.17, 15) is 4.79 Å². The second-order valence-electron chi connectivity index (χ2n) is 6.67. The Morgan fingerprint density at radius 3 is 2.76 bits per heavy atom. The molecule has 134 valence electrons. The number of likely N-dealkylation sites (N-methyl/N-ethyl adjacent to an activating group) is 1. The van der Waals surface area contributed by atoms with Crippen molar-refractivity contribution in [3.63, 3.8) is 0 Å². The van der Waals surface area contributed by atoms with Crippen molar-refractivity contribution in [2.75, 3.05) is 7.05 Å². The highest BCUT2D eigenvalue weighted by Gasteiger charge is 2.27. The van der Waals surface area contributed by atoms with E-state index in [1.807, 2.05) is 60.1 Å². The number of hydrogen-bond acceptors (Lipinski definition) is 4. The molecule has 1 amide bonds. The van der Waals surface area contributed by atoms with Crippen LogP contribution in [0.25, 0.3) is 0 Å². The number of aromatic nitrogens is 3. The van der Waals surface area contributed by atoms with E-state index < -0.39 is 0 Å². The molecule has 3 rings (SSSR count). The third-order valence-electron chi connectivity index (χ3n) is 4.85. The fourth-order valence-corrected chi connectivity index (χ4v) is 3.18. The molecule has 1 aromatic heterocycles. The predicted octanol–water partition coefficient (Wildman–Crippen LogP) is 2.96. The lowest BCUT2D eigenvalue weighted by Gasteiger charge is -2.32. The quantitative estimate of drug-likeness (QED) is 0.799. The Morgan fingerprint density at radius 2 is 1.96 bits per heavy atom. The summed E-state index contributed by atoms with van der Waals surface area (Å²) in [5, 5.41) is 8.37. The van der Waals surface area contributed by atoms with Crippen LogP contribution in [0.4, 0.5) is 0 Å². The Hall–Kier alpha value is -2.21. The molecule has 6 nitrogen and oxygen atoms in total. The molecule has 0 saturated carbocycles. The van der Waals surface area contributed by atoms with Crippen LogP contribution in [0.2, 0.25) is 0 Å². The molecule has 1 aromatic carbocycles. The molecule has 1 unspecified atom stereocenters. The summed E-state index contributed by atoms with van der Waals surface area (Å²) in [7, 11) is 1.87. The summed E-state index contributed by atoms with van der Waals surface area (Å²) in [6, 6.07) is 9.99. The van der Waals surface area contributed by atoms with Gasteiger partial charge in [0.25, 0.3) is 0 Å². The molecule has 0 aliphatic carbocycles. The first kappa shape index (κ1) is 17.6. The van der Waals surface area contributed by atoms with Gasteiger partial charge in [0.1, 0.15) is 11.8 Å². The van der Waals surface area contributed by atoms with Crippen molar-refractivity contribution < 1.29 is 9.53 Å². The van der Waals surface area contributed by atoms with E-state index in [1.54, 1.807) is 0 Å². The van der Waals surface area contributed by atoms with E-state index in [4.69, 9.17) is 4.74 Å². The number of nitrogens with zero attached hydrogens (tertiary/aromatic N) is 4. The zero-order valence-corrected chi connectivity index (χ0v) is 15.0. The highest BCUT2D eigenvalue weighted by Crippen LogP contribution is 2.26. The monoisotopic (exact) mass is 342 g/mol. The van der Waals surface area contributed by atoms with Gasteiger partial charge < -0.3 is 9.64 Å². The van der Waals surface area contributed by atoms with Gasteiger partial charge in [0.15, 0.2) is 0 Å². The van der Waals surface area contributed by atoms with Crippen molar-refractivity contribution in [1.29, 1.82) is 0 Å². The summed E-state index contributed by atoms with van der Waals surface area (Å²) in [4.78, 5) is 14.3. The van der Waals surface area contributed by atoms with Crippen LogP contribution in [0, 0.1) is 0 Å². The lowest BCUT2D eigenvalue weighted by atomic mass is 10.0. The molecule has 0 radical (unpaired) electrons. The molecule has 2 heterocycles. The van der Waals surface area contributed by atoms with Crippen LogP contribution in [-0.2, 0) is 22.7 Å². The maximum Gasteiger partial charge on any atom is 0.222 e. The van der Waals surface area contributed by atoms with Crippen LogP contribution in [0.3, 0.4) is 0 Å². The van der Waals surface area contributed by atoms with Gasteiger partial charge in [-0.15, -0.1) is 5.10 Å². The van der Waals surface area contributed by atoms with E-state index in [-0.39, 0.29) is 18.1 Å². The predicted molar refractivity (Wildman–Crippen MR) is 94.7 cm³/mol. The number of hydrogen-bond donors (Lipinski definition) is 0. The maximum absolute atomic E-state index is 12.5. The lowest BCUT2D eigenvalue weighted by molar-refractivity contribution is -0.135. The normalized spacial score (nSPS) is 23.3. The molecule has 0 fully saturated rings. The SMILES string of the molecule is C[C@H]1C(c2ccccc2)OCc2cn(nn2)CCCCCC(=O)N1C. The number of amides is 1. The fraction of sp³-hybridized carbons (Fsp3) is 0.526. The Morgan fingerprint density at radius 1 is 1.16 bits per heavy atom. The summed E-state index contributed by atoms with van der Waals surface area (Å²) in [5.41, 5.74) is 1.88. The number of ether oxygens (including phenoxy) is 1. The third kappa shape index (κ3) is 4.45. The number of rotatable bonds is 1. The van der Waals surface area contributed by atoms with Crippen molar-refractivity contribution in [3.8, 4) is 0 Å². The zero-order chi connectivity index (χ0) is 17.6. The van der Waals surface area contributed by atoms with Crippen molar-refractivity contribution in [2.24, 2.45) is 0 Å². The first-order valence-corrected chi connectivity index (χ1v) is 8.96. The summed E-state index contributed by atoms with van der Waals surface area (Å²) in [6.45, 7) is 3.25. The summed E-state index contributed by atoms with van der Waals surface area (Å²) >= 11 is 0. The van der Waals surface area contributed by atoms with Crippen LogP contribution in [0.1, 0.15) is 50.0 Å². The Labute approximate surface area is 148 Å². The van der Waals surface area contributed by atoms with E-state index in [0.717, 1.165) is 37.1 Å². The maximum atomic E-state index is 12.5. The van der Waals surface area contributed by atoms with Gasteiger partial charge in [-0.25, -0.2) is 0 Å². The fourth-order valence-electron chi connectivity index (χ4n) is 3.18. The highest BCUT2D eigenvalue weighted by molar-refractivity contribution is 5.76. The van der Waals surface area contributed by atoms with E-state index in [1.165, 1.54) is 0 Å². The van der Waals surface area contributed by atoms with E-state index >= 15 is 0 Å². The molecular weight excluding hydrogens is 316 g/mol. The summed E-state index contributed by atoms with van der Waals surface area (Å²) in [5.74, 6) is 0.172. The molecule has 6 heteroatoms. The smallest absolute Gasteiger partial charge is 0.222 e. The lowest BCUT2D eigenvalue weighted by Crippen LogP contribution is -2.39. The van der Waals surface area contributed by atoms with Gasteiger partial charge in [0.2, 0.25) is 5.91 Å². The minimum atomic E-state index is -0.205. The van der Waals surface area contributed by atoms with Crippen LogP contribution in [-0.4, -0.2) is 38.9 Å². The summed E-state index contributed by atoms with van der Waals surface area (Å²) < 4.78 is 8.05. The van der Waals surface area contributed by atoms with Crippen molar-refractivity contribution >= 4 is 5.91 Å². The largest absolute Gasteiger partial charge is 0.365 e. The molecule has 2 atom stereocenters. The minimum Gasteiger partial charge on any atom is -0.365 e. The van der Waals surface area contributed by atoms with Crippen LogP contribution < -0.4 is 0 Å². The molecule has 2 aromatic rings. The van der Waals surface area contributed by atoms with Gasteiger partial charge in [-0.05, 0) is 25.3 Å². The van der Waals surface area contributed by atoms with Crippen LogP contribution in [0.5, 0.6) is 0 Å². The second kappa shape index (κ2) is 8.25. The Bertz CT molecular complexity index is 686. The average Bonchev–Trinajstić information content (AvgIpc) is 3.08. The molecule has 0 spiro atoms. The zero-order valence-electron chi connectivity index (χ0n) is 15.0. The number of carbonyl (C=O) groups excluding carboxylic acids is 1. The van der Waals surface area contributed by atoms with Crippen molar-refractivity contribution in [1.82, 2.24) is 19.9 Å². The number of carbonyl (C=O) groups is 1. The van der Waals surface area contributed by atoms with Gasteiger partial charge in [0, 0.05) is 20.0 Å². The van der Waals surface area contributed by atoms with E-state index in [2.05, 4.69) is 10.3 Å². The van der Waals surface area contributed by atoms with Gasteiger partial charge >= 0.3 is 0 Å². The van der Waals surface area contributed by atoms with Gasteiger partial charge in [-0.2, -0.15) is 0 Å². The molecule has 1 aliphatic rings. The van der Waals surface area contributed by atoms with Gasteiger partial charge in [-0.1, -0.05) is 42.0 Å². The third-order valence-corrected chi connectivity index (χ3v) is 4.85. The van der Waals surface area contributed by atoms with Crippen LogP contribution >= 0.6 is 0 Å². The Balaban J connectivity index is 1.85. The topological polar surface area (TPSA) is 60.2 Å². The molecule has 2 bridgehead atoms. The van der Waals surface area contributed by atoms with Gasteiger partial charge in [-0.3, -0.25) is 9.48 Å². The standard InChI is InChI=1S/C19H26N4O2/c1-15-19(16-9-5-3-6-10-16)25-14-17-13-23(21-20-17)12-8-4-7-11-18(24)22(15)2/h3,5-6,9-10,13,15,19H,4,7-8,11-12,14H2,1-2H3/t15-,19?/m0/s1. The van der Waals surface area contributed by atoms with Crippen LogP contribution in [0.15, 0.2) is 36.5 Å². The highest BCUT2D eigenvalue weighted by atomic mass is 16.5. The minimum absolute atomic E-state index is 0.0621. The van der Waals surface area contributed by atoms with Crippen molar-refractivity contribution in [2.45, 2.75) is 57.9 Å². The molecule has 25 heavy (non-hydrogen) atoms. The first-order valence-electron chi connectivity index (χ1n) is 8.96. The molecule has 1 aliphatic heterocycles. The first-order chi connectivity index (χ1) is 12.1. The average molecular weight is 342 g/mol. The molecular formula is C19H26N4O2. The summed E-state index contributed by atoms with van der Waals surface area (Å²) in [6.07, 6.45) is 5.24. The Kier molecular flexibility index (Phi) is 5.81. The number of fused-ring (bicyclic) bond motifs is 2. The molecule has 0 saturated heterocycles. The molecule has 0 N–H and O–H groups in total.